The van der Waals surface area contributed by atoms with Crippen LogP contribution in [0.25, 0.3) is 22.2 Å². The second kappa shape index (κ2) is 7.82. The average molecular weight is 416 g/mol. The molecule has 0 saturated heterocycles. The Balaban J connectivity index is 1.59. The summed E-state index contributed by atoms with van der Waals surface area (Å²) in [6, 6.07) is 8.60. The van der Waals surface area contributed by atoms with E-state index in [9.17, 15) is 22.8 Å². The van der Waals surface area contributed by atoms with Gasteiger partial charge in [-0.1, -0.05) is 0 Å². The zero-order valence-corrected chi connectivity index (χ0v) is 15.3. The number of hydrogen-bond donors (Lipinski definition) is 4. The summed E-state index contributed by atoms with van der Waals surface area (Å²) in [6.07, 6.45) is -0.682. The summed E-state index contributed by atoms with van der Waals surface area (Å²) in [6.45, 7) is -0.111. The molecule has 0 unspecified atom stereocenters. The lowest BCUT2D eigenvalue weighted by atomic mass is 10.0. The van der Waals surface area contributed by atoms with Crippen molar-refractivity contribution in [1.29, 1.82) is 0 Å². The van der Waals surface area contributed by atoms with Crippen LogP contribution in [0, 0.1) is 17.5 Å². The molecule has 0 spiro atoms. The molecular weight excluding hydrogens is 401 g/mol. The van der Waals surface area contributed by atoms with Crippen molar-refractivity contribution in [1.82, 2.24) is 15.2 Å². The molecular formula is C20H15F3N4O3. The SMILES string of the molecule is O=C(Nc1cc(=O)[nH][nH]1)OCCc1c(-c2ccc(F)cc2)[nH]c2c(F)cc(F)cc12. The van der Waals surface area contributed by atoms with E-state index in [2.05, 4.69) is 20.5 Å². The van der Waals surface area contributed by atoms with Crippen LogP contribution in [0.1, 0.15) is 5.56 Å². The number of rotatable bonds is 5. The number of H-pyrrole nitrogens is 3. The monoisotopic (exact) mass is 416 g/mol. The number of anilines is 1. The van der Waals surface area contributed by atoms with Gasteiger partial charge in [-0.25, -0.2) is 18.0 Å². The number of ether oxygens (including phenoxy) is 1. The fraction of sp³-hybridized carbons (Fsp3) is 0.100. The lowest BCUT2D eigenvalue weighted by Crippen LogP contribution is -2.15. The highest BCUT2D eigenvalue weighted by atomic mass is 19.1. The fourth-order valence-electron chi connectivity index (χ4n) is 3.19. The highest BCUT2D eigenvalue weighted by Crippen LogP contribution is 2.33. The van der Waals surface area contributed by atoms with Crippen molar-refractivity contribution in [2.24, 2.45) is 0 Å². The number of benzene rings is 2. The van der Waals surface area contributed by atoms with Gasteiger partial charge in [0.2, 0.25) is 0 Å². The number of nitrogens with one attached hydrogen (secondary N) is 4. The Hall–Kier alpha value is -3.95. The predicted octanol–water partition coefficient (Wildman–Crippen LogP) is 4.06. The first kappa shape index (κ1) is 19.4. The van der Waals surface area contributed by atoms with Crippen molar-refractivity contribution < 1.29 is 22.7 Å². The quantitative estimate of drug-likeness (QED) is 0.395. The summed E-state index contributed by atoms with van der Waals surface area (Å²) in [7, 11) is 0. The summed E-state index contributed by atoms with van der Waals surface area (Å²) in [5.74, 6) is -1.82. The van der Waals surface area contributed by atoms with Gasteiger partial charge in [0, 0.05) is 29.6 Å². The maximum atomic E-state index is 14.3. The number of halogens is 3. The van der Waals surface area contributed by atoms with Crippen LogP contribution in [-0.2, 0) is 11.2 Å². The van der Waals surface area contributed by atoms with Crippen LogP contribution in [0.5, 0.6) is 0 Å². The summed E-state index contributed by atoms with van der Waals surface area (Å²) in [5.41, 5.74) is 1.22. The third kappa shape index (κ3) is 3.93. The predicted molar refractivity (Wildman–Crippen MR) is 104 cm³/mol. The van der Waals surface area contributed by atoms with Crippen molar-refractivity contribution in [3.63, 3.8) is 0 Å². The molecule has 10 heteroatoms. The second-order valence-corrected chi connectivity index (χ2v) is 6.48. The van der Waals surface area contributed by atoms with E-state index in [-0.39, 0.29) is 24.4 Å². The molecule has 4 N–H and O–H groups in total. The molecule has 0 atom stereocenters. The smallest absolute Gasteiger partial charge is 0.412 e. The number of amides is 1. The molecule has 4 rings (SSSR count). The molecule has 0 aliphatic heterocycles. The highest BCUT2D eigenvalue weighted by Gasteiger charge is 2.18. The van der Waals surface area contributed by atoms with Crippen LogP contribution in [0.4, 0.5) is 23.8 Å². The molecule has 4 aromatic rings. The number of carbonyl (C=O) groups is 1. The van der Waals surface area contributed by atoms with E-state index >= 15 is 0 Å². The number of aromatic nitrogens is 3. The Kier molecular flexibility index (Phi) is 5.05. The number of aromatic amines is 3. The van der Waals surface area contributed by atoms with Crippen LogP contribution in [-0.4, -0.2) is 27.9 Å². The van der Waals surface area contributed by atoms with Crippen LogP contribution >= 0.6 is 0 Å². The van der Waals surface area contributed by atoms with Gasteiger partial charge in [-0.3, -0.25) is 20.3 Å². The van der Waals surface area contributed by atoms with E-state index in [1.807, 2.05) is 0 Å². The average Bonchev–Trinajstić information content (AvgIpc) is 3.26. The molecule has 0 aliphatic carbocycles. The van der Waals surface area contributed by atoms with E-state index < -0.39 is 29.1 Å². The molecule has 0 fully saturated rings. The number of fused-ring (bicyclic) bond motifs is 1. The summed E-state index contributed by atoms with van der Waals surface area (Å²) in [4.78, 5) is 25.8. The third-order valence-electron chi connectivity index (χ3n) is 4.48. The maximum absolute atomic E-state index is 14.3. The van der Waals surface area contributed by atoms with Gasteiger partial charge in [0.1, 0.15) is 23.3 Å². The zero-order chi connectivity index (χ0) is 21.3. The minimum absolute atomic E-state index is 0.0973. The standard InChI is InChI=1S/C20H15F3N4O3/c21-11-3-1-10(2-4-11)18-13(14-7-12(22)8-15(23)19(14)25-18)5-6-30-20(29)24-16-9-17(28)27-26-16/h1-4,7-9,25H,5-6H2,(H3,24,26,27,28,29). The Morgan fingerprint density at radius 3 is 2.47 bits per heavy atom. The molecule has 2 heterocycles. The molecule has 2 aromatic carbocycles. The van der Waals surface area contributed by atoms with Crippen molar-refractivity contribution in [2.75, 3.05) is 11.9 Å². The Morgan fingerprint density at radius 1 is 1.00 bits per heavy atom. The third-order valence-corrected chi connectivity index (χ3v) is 4.48. The van der Waals surface area contributed by atoms with Gasteiger partial charge in [-0.15, -0.1) is 0 Å². The topological polar surface area (TPSA) is 103 Å². The number of carbonyl (C=O) groups excluding carboxylic acids is 1. The van der Waals surface area contributed by atoms with Crippen molar-refractivity contribution in [2.45, 2.75) is 6.42 Å². The molecule has 0 saturated carbocycles. The summed E-state index contributed by atoms with van der Waals surface area (Å²) in [5, 5.41) is 7.33. The van der Waals surface area contributed by atoms with Gasteiger partial charge in [-0.05, 0) is 41.5 Å². The van der Waals surface area contributed by atoms with Gasteiger partial charge in [0.05, 0.1) is 12.1 Å². The molecule has 154 valence electrons. The van der Waals surface area contributed by atoms with Gasteiger partial charge in [0.25, 0.3) is 5.56 Å². The van der Waals surface area contributed by atoms with E-state index in [1.54, 1.807) is 0 Å². The number of hydrogen-bond acceptors (Lipinski definition) is 3. The fourth-order valence-corrected chi connectivity index (χ4v) is 3.19. The van der Waals surface area contributed by atoms with Crippen molar-refractivity contribution in [3.8, 4) is 11.3 Å². The van der Waals surface area contributed by atoms with E-state index in [0.717, 1.165) is 12.1 Å². The van der Waals surface area contributed by atoms with Gasteiger partial charge in [-0.2, -0.15) is 0 Å². The minimum atomic E-state index is -0.814. The molecule has 1 amide bonds. The Labute approximate surface area is 166 Å². The van der Waals surface area contributed by atoms with Crippen LogP contribution in [0.15, 0.2) is 47.3 Å². The zero-order valence-electron chi connectivity index (χ0n) is 15.3. The van der Waals surface area contributed by atoms with Gasteiger partial charge < -0.3 is 9.72 Å². The molecule has 30 heavy (non-hydrogen) atoms. The van der Waals surface area contributed by atoms with Gasteiger partial charge >= 0.3 is 6.09 Å². The molecule has 0 radical (unpaired) electrons. The van der Waals surface area contributed by atoms with Crippen molar-refractivity contribution in [3.05, 3.63) is 75.8 Å². The Morgan fingerprint density at radius 2 is 1.77 bits per heavy atom. The lowest BCUT2D eigenvalue weighted by molar-refractivity contribution is 0.163. The van der Waals surface area contributed by atoms with E-state index in [1.165, 1.54) is 30.3 Å². The first-order chi connectivity index (χ1) is 14.4. The first-order valence-electron chi connectivity index (χ1n) is 8.87. The summed E-state index contributed by atoms with van der Waals surface area (Å²) >= 11 is 0. The summed E-state index contributed by atoms with van der Waals surface area (Å²) < 4.78 is 46.5. The van der Waals surface area contributed by atoms with Crippen LogP contribution in [0.3, 0.4) is 0 Å². The molecule has 0 bridgehead atoms. The van der Waals surface area contributed by atoms with Gasteiger partial charge in [0.15, 0.2) is 0 Å². The van der Waals surface area contributed by atoms with Crippen molar-refractivity contribution >= 4 is 22.8 Å². The maximum Gasteiger partial charge on any atom is 0.412 e. The molecule has 0 aliphatic rings. The Bertz CT molecular complexity index is 1270. The first-order valence-corrected chi connectivity index (χ1v) is 8.87. The van der Waals surface area contributed by atoms with Crippen LogP contribution in [0.2, 0.25) is 0 Å². The van der Waals surface area contributed by atoms with E-state index in [4.69, 9.17) is 4.74 Å². The van der Waals surface area contributed by atoms with Crippen LogP contribution < -0.4 is 10.9 Å². The highest BCUT2D eigenvalue weighted by molar-refractivity contribution is 5.91. The normalized spacial score (nSPS) is 11.0. The largest absolute Gasteiger partial charge is 0.449 e. The lowest BCUT2D eigenvalue weighted by Gasteiger charge is -2.08. The minimum Gasteiger partial charge on any atom is -0.449 e. The van der Waals surface area contributed by atoms with E-state index in [0.29, 0.717) is 22.2 Å². The second-order valence-electron chi connectivity index (χ2n) is 6.48. The molecule has 7 nitrogen and oxygen atoms in total. The molecule has 2 aromatic heterocycles.